The Morgan fingerprint density at radius 3 is 2.33 bits per heavy atom. The molecule has 0 atom stereocenters. The maximum Gasteiger partial charge on any atom is 0.287 e. The lowest BCUT2D eigenvalue weighted by atomic mass is 10.2. The van der Waals surface area contributed by atoms with Crippen LogP contribution >= 0.6 is 0 Å². The maximum atomic E-state index is 12.3. The van der Waals surface area contributed by atoms with E-state index in [4.69, 9.17) is 0 Å². The summed E-state index contributed by atoms with van der Waals surface area (Å²) in [6, 6.07) is 17.9. The van der Waals surface area contributed by atoms with Crippen molar-refractivity contribution in [2.45, 2.75) is 6.42 Å². The zero-order chi connectivity index (χ0) is 20.9. The first-order valence-corrected chi connectivity index (χ1v) is 9.53. The summed E-state index contributed by atoms with van der Waals surface area (Å²) in [5, 5.41) is 6.87. The van der Waals surface area contributed by atoms with E-state index in [2.05, 4.69) is 25.6 Å². The Hall–Kier alpha value is -4.07. The Balaban J connectivity index is 1.28. The molecule has 0 fully saturated rings. The number of carbonyl (C=O) groups excluding carboxylic acids is 2. The standard InChI is InChI=1S/C22H19N5O3/c28-20-15-7-2-4-9-17(15)26-19(27-20)22(30)24-13-5-12-23-21(29)18-11-10-14-6-1-3-8-16(14)25-18/h1-4,6-11H,5,12-13H2,(H,23,29)(H,24,30)(H,26,27,28). The zero-order valence-corrected chi connectivity index (χ0v) is 16.0. The number of aromatic nitrogens is 3. The molecule has 30 heavy (non-hydrogen) atoms. The number of amides is 2. The van der Waals surface area contributed by atoms with Gasteiger partial charge < -0.3 is 15.6 Å². The summed E-state index contributed by atoms with van der Waals surface area (Å²) in [6.45, 7) is 0.691. The molecule has 3 N–H and O–H groups in total. The second-order valence-corrected chi connectivity index (χ2v) is 6.69. The van der Waals surface area contributed by atoms with E-state index in [1.54, 1.807) is 30.3 Å². The van der Waals surface area contributed by atoms with Crippen LogP contribution in [0.15, 0.2) is 65.5 Å². The number of nitrogens with one attached hydrogen (secondary N) is 3. The van der Waals surface area contributed by atoms with Crippen LogP contribution in [-0.4, -0.2) is 39.9 Å². The van der Waals surface area contributed by atoms with Crippen molar-refractivity contribution in [1.82, 2.24) is 25.6 Å². The van der Waals surface area contributed by atoms with Crippen molar-refractivity contribution in [2.24, 2.45) is 0 Å². The quantitative estimate of drug-likeness (QED) is 0.428. The van der Waals surface area contributed by atoms with Gasteiger partial charge in [0.2, 0.25) is 0 Å². The average Bonchev–Trinajstić information content (AvgIpc) is 2.78. The van der Waals surface area contributed by atoms with Gasteiger partial charge in [-0.15, -0.1) is 0 Å². The van der Waals surface area contributed by atoms with Gasteiger partial charge in [0.05, 0.1) is 16.4 Å². The molecule has 4 rings (SSSR count). The number of carbonyl (C=O) groups is 2. The molecule has 0 saturated carbocycles. The topological polar surface area (TPSA) is 117 Å². The number of H-pyrrole nitrogens is 1. The second kappa shape index (κ2) is 8.52. The van der Waals surface area contributed by atoms with Crippen molar-refractivity contribution in [3.05, 3.63) is 82.5 Å². The van der Waals surface area contributed by atoms with Crippen molar-refractivity contribution in [3.8, 4) is 0 Å². The predicted octanol–water partition coefficient (Wildman–Crippen LogP) is 2.02. The monoisotopic (exact) mass is 401 g/mol. The lowest BCUT2D eigenvalue weighted by molar-refractivity contribution is 0.0942. The summed E-state index contributed by atoms with van der Waals surface area (Å²) in [6.07, 6.45) is 0.517. The number of hydrogen-bond donors (Lipinski definition) is 3. The molecule has 0 unspecified atom stereocenters. The van der Waals surface area contributed by atoms with Crippen LogP contribution in [0.3, 0.4) is 0 Å². The molecule has 2 heterocycles. The third-order valence-electron chi connectivity index (χ3n) is 4.58. The molecule has 0 aliphatic rings. The number of rotatable bonds is 6. The van der Waals surface area contributed by atoms with Crippen molar-refractivity contribution >= 4 is 33.6 Å². The van der Waals surface area contributed by atoms with Crippen molar-refractivity contribution in [1.29, 1.82) is 0 Å². The minimum atomic E-state index is -0.472. The second-order valence-electron chi connectivity index (χ2n) is 6.69. The lowest BCUT2D eigenvalue weighted by Gasteiger charge is -2.07. The van der Waals surface area contributed by atoms with E-state index in [0.717, 1.165) is 10.9 Å². The molecule has 2 amide bonds. The number of nitrogens with zero attached hydrogens (tertiary/aromatic N) is 2. The summed E-state index contributed by atoms with van der Waals surface area (Å²) < 4.78 is 0. The average molecular weight is 401 g/mol. The number of para-hydroxylation sites is 2. The largest absolute Gasteiger partial charge is 0.351 e. The molecular formula is C22H19N5O3. The first-order valence-electron chi connectivity index (χ1n) is 9.53. The molecular weight excluding hydrogens is 382 g/mol. The molecule has 0 spiro atoms. The lowest BCUT2D eigenvalue weighted by Crippen LogP contribution is -2.32. The molecule has 150 valence electrons. The van der Waals surface area contributed by atoms with Crippen molar-refractivity contribution < 1.29 is 9.59 Å². The Morgan fingerprint density at radius 2 is 1.50 bits per heavy atom. The van der Waals surface area contributed by atoms with E-state index in [0.29, 0.717) is 36.1 Å². The van der Waals surface area contributed by atoms with Crippen LogP contribution in [0.4, 0.5) is 0 Å². The molecule has 0 aliphatic heterocycles. The van der Waals surface area contributed by atoms with E-state index in [1.165, 1.54) is 0 Å². The molecule has 0 aliphatic carbocycles. The number of pyridine rings is 1. The highest BCUT2D eigenvalue weighted by molar-refractivity contribution is 5.95. The molecule has 2 aromatic heterocycles. The number of benzene rings is 2. The van der Waals surface area contributed by atoms with Gasteiger partial charge in [-0.1, -0.05) is 36.4 Å². The van der Waals surface area contributed by atoms with Crippen LogP contribution in [0.5, 0.6) is 0 Å². The molecule has 0 bridgehead atoms. The molecule has 4 aromatic rings. The van der Waals surface area contributed by atoms with Gasteiger partial charge in [0.1, 0.15) is 5.69 Å². The van der Waals surface area contributed by atoms with Gasteiger partial charge >= 0.3 is 0 Å². The highest BCUT2D eigenvalue weighted by Gasteiger charge is 2.11. The van der Waals surface area contributed by atoms with E-state index < -0.39 is 5.91 Å². The predicted molar refractivity (Wildman–Crippen MR) is 113 cm³/mol. The third-order valence-corrected chi connectivity index (χ3v) is 4.58. The van der Waals surface area contributed by atoms with Crippen molar-refractivity contribution in [3.63, 3.8) is 0 Å². The van der Waals surface area contributed by atoms with Crippen LogP contribution in [-0.2, 0) is 0 Å². The first-order chi connectivity index (χ1) is 14.6. The van der Waals surface area contributed by atoms with Gasteiger partial charge in [-0.25, -0.2) is 9.97 Å². The van der Waals surface area contributed by atoms with Gasteiger partial charge in [-0.05, 0) is 30.7 Å². The summed E-state index contributed by atoms with van der Waals surface area (Å²) >= 11 is 0. The van der Waals surface area contributed by atoms with Crippen LogP contribution < -0.4 is 16.2 Å². The fraction of sp³-hybridized carbons (Fsp3) is 0.136. The number of hydrogen-bond acceptors (Lipinski definition) is 5. The summed E-state index contributed by atoms with van der Waals surface area (Å²) in [7, 11) is 0. The van der Waals surface area contributed by atoms with Crippen molar-refractivity contribution in [2.75, 3.05) is 13.1 Å². The molecule has 8 heteroatoms. The van der Waals surface area contributed by atoms with Gasteiger partial charge in [-0.3, -0.25) is 14.4 Å². The summed E-state index contributed by atoms with van der Waals surface area (Å²) in [4.78, 5) is 47.6. The van der Waals surface area contributed by atoms with Crippen LogP contribution in [0.25, 0.3) is 21.8 Å². The number of aromatic amines is 1. The van der Waals surface area contributed by atoms with E-state index in [9.17, 15) is 14.4 Å². The van der Waals surface area contributed by atoms with Gasteiger partial charge in [0, 0.05) is 18.5 Å². The fourth-order valence-corrected chi connectivity index (χ4v) is 3.05. The molecule has 0 saturated heterocycles. The number of fused-ring (bicyclic) bond motifs is 2. The summed E-state index contributed by atoms with van der Waals surface area (Å²) in [5.41, 5.74) is 1.20. The Morgan fingerprint density at radius 1 is 0.800 bits per heavy atom. The Kier molecular flexibility index (Phi) is 5.47. The van der Waals surface area contributed by atoms with Crippen LogP contribution in [0.2, 0.25) is 0 Å². The third kappa shape index (κ3) is 4.17. The Labute approximate surface area is 171 Å². The van der Waals surface area contributed by atoms with Crippen LogP contribution in [0, 0.1) is 0 Å². The van der Waals surface area contributed by atoms with Gasteiger partial charge in [0.25, 0.3) is 17.4 Å². The highest BCUT2D eigenvalue weighted by Crippen LogP contribution is 2.11. The summed E-state index contributed by atoms with van der Waals surface area (Å²) in [5.74, 6) is -0.781. The molecule has 2 aromatic carbocycles. The zero-order valence-electron chi connectivity index (χ0n) is 16.0. The normalized spacial score (nSPS) is 10.8. The molecule has 8 nitrogen and oxygen atoms in total. The van der Waals surface area contributed by atoms with Crippen LogP contribution in [0.1, 0.15) is 27.5 Å². The minimum absolute atomic E-state index is 0.0388. The maximum absolute atomic E-state index is 12.3. The SMILES string of the molecule is O=C(NCCCNC(=O)c1nc2ccccc2c(=O)[nH]1)c1ccc2ccccc2n1. The van der Waals surface area contributed by atoms with E-state index in [1.807, 2.05) is 30.3 Å². The highest BCUT2D eigenvalue weighted by atomic mass is 16.2. The van der Waals surface area contributed by atoms with Gasteiger partial charge in [0.15, 0.2) is 5.82 Å². The minimum Gasteiger partial charge on any atom is -0.351 e. The Bertz CT molecular complexity index is 1300. The first kappa shape index (κ1) is 19.3. The molecule has 0 radical (unpaired) electrons. The van der Waals surface area contributed by atoms with Gasteiger partial charge in [-0.2, -0.15) is 0 Å². The van der Waals surface area contributed by atoms with E-state index >= 15 is 0 Å². The van der Waals surface area contributed by atoms with E-state index in [-0.39, 0.29) is 17.3 Å². The fourth-order valence-electron chi connectivity index (χ4n) is 3.05. The smallest absolute Gasteiger partial charge is 0.287 e.